The number of amides is 1. The standard InChI is InChI=1S/C20H23NO3/c1-11(2)14-5-7-15(8-6-14)16-10-24-17-9-12(3)19(21-20(22)23)13(4)18(16)17/h5-9,11,16,21H,10H2,1-4H3,(H,22,23)/p-1. The maximum absolute atomic E-state index is 11.0. The van der Waals surface area contributed by atoms with Crippen molar-refractivity contribution < 1.29 is 14.6 Å². The van der Waals surface area contributed by atoms with Crippen molar-refractivity contribution in [1.29, 1.82) is 0 Å². The third kappa shape index (κ3) is 2.84. The van der Waals surface area contributed by atoms with Crippen LogP contribution in [0, 0.1) is 13.8 Å². The van der Waals surface area contributed by atoms with Gasteiger partial charge in [-0.25, -0.2) is 0 Å². The molecule has 1 aliphatic rings. The van der Waals surface area contributed by atoms with E-state index in [0.717, 1.165) is 22.4 Å². The van der Waals surface area contributed by atoms with Gasteiger partial charge in [0.05, 0.1) is 6.61 Å². The fourth-order valence-electron chi connectivity index (χ4n) is 3.44. The molecule has 1 unspecified atom stereocenters. The van der Waals surface area contributed by atoms with Crippen LogP contribution in [0.5, 0.6) is 5.75 Å². The van der Waals surface area contributed by atoms with Gasteiger partial charge in [-0.05, 0) is 48.1 Å². The summed E-state index contributed by atoms with van der Waals surface area (Å²) in [6.45, 7) is 8.72. The number of hydrogen-bond acceptors (Lipinski definition) is 3. The van der Waals surface area contributed by atoms with Crippen molar-refractivity contribution in [2.24, 2.45) is 0 Å². The van der Waals surface area contributed by atoms with Crippen LogP contribution in [0.25, 0.3) is 0 Å². The lowest BCUT2D eigenvalue weighted by Crippen LogP contribution is -2.29. The van der Waals surface area contributed by atoms with Crippen LogP contribution < -0.4 is 15.2 Å². The molecule has 1 atom stereocenters. The average Bonchev–Trinajstić information content (AvgIpc) is 2.95. The first-order valence-electron chi connectivity index (χ1n) is 8.23. The Morgan fingerprint density at radius 1 is 1.25 bits per heavy atom. The van der Waals surface area contributed by atoms with Gasteiger partial charge in [-0.15, -0.1) is 0 Å². The minimum absolute atomic E-state index is 0.115. The summed E-state index contributed by atoms with van der Waals surface area (Å²) < 4.78 is 5.87. The van der Waals surface area contributed by atoms with E-state index in [2.05, 4.69) is 43.4 Å². The summed E-state index contributed by atoms with van der Waals surface area (Å²) in [6, 6.07) is 10.5. The number of anilines is 1. The Balaban J connectivity index is 2.03. The highest BCUT2D eigenvalue weighted by Crippen LogP contribution is 2.44. The Hall–Kier alpha value is -2.49. The van der Waals surface area contributed by atoms with Crippen LogP contribution in [0.15, 0.2) is 30.3 Å². The zero-order chi connectivity index (χ0) is 17.4. The van der Waals surface area contributed by atoms with Crippen molar-refractivity contribution in [2.45, 2.75) is 39.5 Å². The van der Waals surface area contributed by atoms with Gasteiger partial charge in [0.25, 0.3) is 0 Å². The quantitative estimate of drug-likeness (QED) is 0.936. The minimum Gasteiger partial charge on any atom is -0.530 e. The van der Waals surface area contributed by atoms with Crippen molar-refractivity contribution >= 4 is 11.8 Å². The van der Waals surface area contributed by atoms with Gasteiger partial charge in [-0.1, -0.05) is 38.1 Å². The molecule has 0 spiro atoms. The number of nitrogens with one attached hydrogen (secondary N) is 1. The third-order valence-electron chi connectivity index (χ3n) is 4.77. The van der Waals surface area contributed by atoms with Gasteiger partial charge in [0.2, 0.25) is 0 Å². The molecule has 2 aromatic carbocycles. The number of ether oxygens (including phenoxy) is 1. The lowest BCUT2D eigenvalue weighted by atomic mass is 9.87. The van der Waals surface area contributed by atoms with E-state index >= 15 is 0 Å². The molecule has 3 rings (SSSR count). The predicted octanol–water partition coefficient (Wildman–Crippen LogP) is 3.71. The molecule has 0 bridgehead atoms. The van der Waals surface area contributed by atoms with Crippen molar-refractivity contribution in [1.82, 2.24) is 0 Å². The largest absolute Gasteiger partial charge is 0.530 e. The summed E-state index contributed by atoms with van der Waals surface area (Å²) in [6.07, 6.45) is -1.29. The number of carbonyl (C=O) groups is 1. The van der Waals surface area contributed by atoms with Gasteiger partial charge in [0.1, 0.15) is 11.8 Å². The van der Waals surface area contributed by atoms with Crippen LogP contribution in [0.1, 0.15) is 53.5 Å². The lowest BCUT2D eigenvalue weighted by molar-refractivity contribution is -0.242. The summed E-state index contributed by atoms with van der Waals surface area (Å²) >= 11 is 0. The average molecular weight is 324 g/mol. The Bertz CT molecular complexity index is 778. The number of aryl methyl sites for hydroxylation is 1. The van der Waals surface area contributed by atoms with Crippen LogP contribution in [-0.2, 0) is 0 Å². The molecule has 0 aliphatic carbocycles. The second-order valence-corrected chi connectivity index (χ2v) is 6.70. The molecule has 2 aromatic rings. The van der Waals surface area contributed by atoms with Crippen LogP contribution >= 0.6 is 0 Å². The third-order valence-corrected chi connectivity index (χ3v) is 4.77. The van der Waals surface area contributed by atoms with E-state index in [1.807, 2.05) is 19.9 Å². The number of fused-ring (bicyclic) bond motifs is 1. The minimum atomic E-state index is -1.29. The number of rotatable bonds is 3. The van der Waals surface area contributed by atoms with Crippen molar-refractivity contribution in [2.75, 3.05) is 11.9 Å². The maximum Gasteiger partial charge on any atom is 0.138 e. The highest BCUT2D eigenvalue weighted by atomic mass is 16.5. The normalized spacial score (nSPS) is 16.0. The Morgan fingerprint density at radius 3 is 2.50 bits per heavy atom. The van der Waals surface area contributed by atoms with Gasteiger partial charge in [0, 0.05) is 17.2 Å². The van der Waals surface area contributed by atoms with E-state index in [4.69, 9.17) is 4.74 Å². The van der Waals surface area contributed by atoms with Crippen molar-refractivity contribution in [3.63, 3.8) is 0 Å². The molecule has 0 saturated heterocycles. The van der Waals surface area contributed by atoms with E-state index in [9.17, 15) is 9.90 Å². The molecule has 0 saturated carbocycles. The summed E-state index contributed by atoms with van der Waals surface area (Å²) in [5, 5.41) is 13.4. The van der Waals surface area contributed by atoms with E-state index in [1.54, 1.807) is 0 Å². The monoisotopic (exact) mass is 324 g/mol. The number of carbonyl (C=O) groups excluding carboxylic acids is 1. The Kier molecular flexibility index (Phi) is 4.22. The fraction of sp³-hybridized carbons (Fsp3) is 0.350. The first-order valence-corrected chi connectivity index (χ1v) is 8.23. The molecule has 4 nitrogen and oxygen atoms in total. The Labute approximate surface area is 142 Å². The summed E-state index contributed by atoms with van der Waals surface area (Å²) in [7, 11) is 0. The smallest absolute Gasteiger partial charge is 0.138 e. The molecule has 1 heterocycles. The zero-order valence-corrected chi connectivity index (χ0v) is 14.5. The maximum atomic E-state index is 11.0. The number of benzene rings is 2. The topological polar surface area (TPSA) is 61.4 Å². The molecule has 1 aliphatic heterocycles. The fourth-order valence-corrected chi connectivity index (χ4v) is 3.44. The van der Waals surface area contributed by atoms with Gasteiger partial charge in [-0.3, -0.25) is 0 Å². The van der Waals surface area contributed by atoms with E-state index in [1.165, 1.54) is 11.1 Å². The highest BCUT2D eigenvalue weighted by molar-refractivity contribution is 5.85. The molecular weight excluding hydrogens is 302 g/mol. The van der Waals surface area contributed by atoms with Gasteiger partial charge in [0.15, 0.2) is 0 Å². The van der Waals surface area contributed by atoms with Crippen molar-refractivity contribution in [3.8, 4) is 5.75 Å². The van der Waals surface area contributed by atoms with Crippen LogP contribution in [0.4, 0.5) is 10.5 Å². The zero-order valence-electron chi connectivity index (χ0n) is 14.5. The molecule has 126 valence electrons. The molecule has 24 heavy (non-hydrogen) atoms. The second-order valence-electron chi connectivity index (χ2n) is 6.70. The van der Waals surface area contributed by atoms with Gasteiger partial charge < -0.3 is 20.0 Å². The van der Waals surface area contributed by atoms with E-state index in [0.29, 0.717) is 18.2 Å². The summed E-state index contributed by atoms with van der Waals surface area (Å²) in [4.78, 5) is 11.0. The molecular formula is C20H22NO3-. The predicted molar refractivity (Wildman–Crippen MR) is 92.8 cm³/mol. The Morgan fingerprint density at radius 2 is 1.92 bits per heavy atom. The molecule has 1 amide bonds. The van der Waals surface area contributed by atoms with E-state index < -0.39 is 6.09 Å². The molecule has 1 N–H and O–H groups in total. The summed E-state index contributed by atoms with van der Waals surface area (Å²) in [5.74, 6) is 1.45. The number of carboxylic acid groups (broad SMARTS) is 1. The second kappa shape index (κ2) is 6.19. The SMILES string of the molecule is Cc1cc2c(c(C)c1NC(=O)[O-])C(c1ccc(C(C)C)cc1)CO2. The van der Waals surface area contributed by atoms with Gasteiger partial charge >= 0.3 is 0 Å². The first-order chi connectivity index (χ1) is 11.4. The van der Waals surface area contributed by atoms with Crippen molar-refractivity contribution in [3.05, 3.63) is 58.1 Å². The van der Waals surface area contributed by atoms with Crippen LogP contribution in [-0.4, -0.2) is 12.7 Å². The van der Waals surface area contributed by atoms with E-state index in [-0.39, 0.29) is 5.92 Å². The first kappa shape index (κ1) is 16.4. The molecule has 0 radical (unpaired) electrons. The molecule has 0 aromatic heterocycles. The summed E-state index contributed by atoms with van der Waals surface area (Å²) in [5.41, 5.74) is 5.89. The lowest BCUT2D eigenvalue weighted by Gasteiger charge is -2.19. The molecule has 4 heteroatoms. The van der Waals surface area contributed by atoms with Crippen LogP contribution in [0.3, 0.4) is 0 Å². The highest BCUT2D eigenvalue weighted by Gasteiger charge is 2.29. The number of hydrogen-bond donors (Lipinski definition) is 1. The van der Waals surface area contributed by atoms with Gasteiger partial charge in [-0.2, -0.15) is 0 Å². The molecule has 0 fully saturated rings. The van der Waals surface area contributed by atoms with Crippen LogP contribution in [0.2, 0.25) is 0 Å².